The Kier molecular flexibility index (Phi) is 6.58. The molecule has 0 aliphatic heterocycles. The number of nitrogens with zero attached hydrogens (tertiary/aromatic N) is 1. The average molecular weight is 355 g/mol. The summed E-state index contributed by atoms with van der Waals surface area (Å²) in [4.78, 5) is 20.4. The van der Waals surface area contributed by atoms with Crippen LogP contribution in [0.5, 0.6) is 5.88 Å². The third-order valence-electron chi connectivity index (χ3n) is 2.88. The SMILES string of the molecule is O=C(NCc1ccc(OCC(F)(F)F)nc1)NOCc1ccccc1. The van der Waals surface area contributed by atoms with Gasteiger partial charge in [0.25, 0.3) is 0 Å². The number of hydroxylamine groups is 1. The fraction of sp³-hybridized carbons (Fsp3) is 0.250. The predicted octanol–water partition coefficient (Wildman–Crippen LogP) is 2.95. The van der Waals surface area contributed by atoms with E-state index in [-0.39, 0.29) is 19.0 Å². The van der Waals surface area contributed by atoms with Gasteiger partial charge in [-0.25, -0.2) is 15.3 Å². The number of carbonyl (C=O) groups is 1. The van der Waals surface area contributed by atoms with Crippen LogP contribution in [0.25, 0.3) is 0 Å². The number of nitrogens with one attached hydrogen (secondary N) is 2. The number of rotatable bonds is 7. The Hall–Kier alpha value is -2.81. The molecule has 0 saturated carbocycles. The van der Waals surface area contributed by atoms with Crippen LogP contribution in [0.15, 0.2) is 48.7 Å². The van der Waals surface area contributed by atoms with Gasteiger partial charge >= 0.3 is 12.2 Å². The molecule has 134 valence electrons. The van der Waals surface area contributed by atoms with Gasteiger partial charge in [-0.15, -0.1) is 0 Å². The minimum Gasteiger partial charge on any atom is -0.468 e. The zero-order chi connectivity index (χ0) is 18.1. The van der Waals surface area contributed by atoms with Crippen molar-refractivity contribution in [3.8, 4) is 5.88 Å². The molecule has 0 unspecified atom stereocenters. The van der Waals surface area contributed by atoms with Crippen molar-refractivity contribution in [3.05, 3.63) is 59.8 Å². The highest BCUT2D eigenvalue weighted by Crippen LogP contribution is 2.16. The van der Waals surface area contributed by atoms with Crippen LogP contribution in [0.2, 0.25) is 0 Å². The largest absolute Gasteiger partial charge is 0.468 e. The Labute approximate surface area is 141 Å². The zero-order valence-corrected chi connectivity index (χ0v) is 13.0. The number of benzene rings is 1. The molecule has 1 aromatic heterocycles. The third kappa shape index (κ3) is 7.53. The highest BCUT2D eigenvalue weighted by Gasteiger charge is 2.28. The van der Waals surface area contributed by atoms with Crippen molar-refractivity contribution in [2.24, 2.45) is 0 Å². The van der Waals surface area contributed by atoms with E-state index in [1.807, 2.05) is 30.3 Å². The molecule has 9 heteroatoms. The second-order valence-corrected chi connectivity index (χ2v) is 4.97. The number of hydrogen-bond acceptors (Lipinski definition) is 4. The molecule has 0 fully saturated rings. The van der Waals surface area contributed by atoms with E-state index >= 15 is 0 Å². The molecule has 2 amide bonds. The van der Waals surface area contributed by atoms with E-state index in [0.29, 0.717) is 5.56 Å². The average Bonchev–Trinajstić information content (AvgIpc) is 2.59. The summed E-state index contributed by atoms with van der Waals surface area (Å²) >= 11 is 0. The van der Waals surface area contributed by atoms with Gasteiger partial charge in [0.2, 0.25) is 5.88 Å². The van der Waals surface area contributed by atoms with Crippen LogP contribution < -0.4 is 15.5 Å². The summed E-state index contributed by atoms with van der Waals surface area (Å²) in [5, 5.41) is 2.53. The number of urea groups is 1. The lowest BCUT2D eigenvalue weighted by molar-refractivity contribution is -0.154. The molecular weight excluding hydrogens is 339 g/mol. The van der Waals surface area contributed by atoms with Crippen molar-refractivity contribution in [3.63, 3.8) is 0 Å². The predicted molar refractivity (Wildman–Crippen MR) is 82.4 cm³/mol. The minimum absolute atomic E-state index is 0.132. The van der Waals surface area contributed by atoms with Gasteiger partial charge < -0.3 is 10.1 Å². The van der Waals surface area contributed by atoms with Crippen LogP contribution in [-0.2, 0) is 18.0 Å². The Morgan fingerprint density at radius 2 is 1.84 bits per heavy atom. The van der Waals surface area contributed by atoms with Crippen molar-refractivity contribution in [2.75, 3.05) is 6.61 Å². The molecule has 0 aliphatic carbocycles. The van der Waals surface area contributed by atoms with Gasteiger partial charge in [0.15, 0.2) is 6.61 Å². The second-order valence-electron chi connectivity index (χ2n) is 4.97. The lowest BCUT2D eigenvalue weighted by atomic mass is 10.2. The Morgan fingerprint density at radius 1 is 1.08 bits per heavy atom. The van der Waals surface area contributed by atoms with Crippen molar-refractivity contribution >= 4 is 6.03 Å². The lowest BCUT2D eigenvalue weighted by Gasteiger charge is -2.10. The maximum absolute atomic E-state index is 12.0. The molecule has 2 rings (SSSR count). The van der Waals surface area contributed by atoms with E-state index in [1.54, 1.807) is 0 Å². The summed E-state index contributed by atoms with van der Waals surface area (Å²) in [6, 6.07) is 11.5. The van der Waals surface area contributed by atoms with Crippen molar-refractivity contribution in [1.82, 2.24) is 15.8 Å². The normalized spacial score (nSPS) is 11.0. The minimum atomic E-state index is -4.42. The van der Waals surface area contributed by atoms with Crippen LogP contribution in [0, 0.1) is 0 Å². The lowest BCUT2D eigenvalue weighted by Crippen LogP contribution is -2.34. The van der Waals surface area contributed by atoms with Crippen LogP contribution in [0.4, 0.5) is 18.0 Å². The summed E-state index contributed by atoms with van der Waals surface area (Å²) in [5.74, 6) is -0.142. The fourth-order valence-electron chi connectivity index (χ4n) is 1.73. The number of halogens is 3. The maximum atomic E-state index is 12.0. The zero-order valence-electron chi connectivity index (χ0n) is 13.0. The van der Waals surface area contributed by atoms with E-state index in [4.69, 9.17) is 4.84 Å². The van der Waals surface area contributed by atoms with Gasteiger partial charge in [-0.05, 0) is 11.1 Å². The Balaban J connectivity index is 1.67. The molecule has 0 spiro atoms. The Morgan fingerprint density at radius 3 is 2.48 bits per heavy atom. The van der Waals surface area contributed by atoms with Crippen molar-refractivity contribution in [1.29, 1.82) is 0 Å². The number of alkyl halides is 3. The maximum Gasteiger partial charge on any atom is 0.422 e. The molecule has 0 atom stereocenters. The van der Waals surface area contributed by atoms with Gasteiger partial charge in [-0.1, -0.05) is 36.4 Å². The first-order chi connectivity index (χ1) is 11.9. The summed E-state index contributed by atoms with van der Waals surface area (Å²) in [6.07, 6.45) is -3.10. The molecule has 0 bridgehead atoms. The standard InChI is InChI=1S/C16H16F3N3O3/c17-16(18,19)11-24-14-7-6-13(8-20-14)9-21-15(23)22-25-10-12-4-2-1-3-5-12/h1-8H,9-11H2,(H2,21,22,23). The third-order valence-corrected chi connectivity index (χ3v) is 2.88. The Bertz CT molecular complexity index is 664. The topological polar surface area (TPSA) is 72.5 Å². The molecule has 2 N–H and O–H groups in total. The van der Waals surface area contributed by atoms with E-state index in [0.717, 1.165) is 5.56 Å². The molecule has 0 saturated heterocycles. The number of hydrogen-bond donors (Lipinski definition) is 2. The van der Waals surface area contributed by atoms with E-state index < -0.39 is 18.8 Å². The van der Waals surface area contributed by atoms with Gasteiger partial charge in [-0.2, -0.15) is 13.2 Å². The first-order valence-corrected chi connectivity index (χ1v) is 7.26. The van der Waals surface area contributed by atoms with Gasteiger partial charge in [0, 0.05) is 18.8 Å². The number of carbonyl (C=O) groups excluding carboxylic acids is 1. The van der Waals surface area contributed by atoms with Gasteiger partial charge in [-0.3, -0.25) is 4.84 Å². The van der Waals surface area contributed by atoms with Crippen LogP contribution in [0.3, 0.4) is 0 Å². The van der Waals surface area contributed by atoms with E-state index in [1.165, 1.54) is 18.3 Å². The highest BCUT2D eigenvalue weighted by atomic mass is 19.4. The number of ether oxygens (including phenoxy) is 1. The fourth-order valence-corrected chi connectivity index (χ4v) is 1.73. The van der Waals surface area contributed by atoms with Gasteiger partial charge in [0.1, 0.15) is 0 Å². The summed E-state index contributed by atoms with van der Waals surface area (Å²) in [5.41, 5.74) is 3.73. The molecule has 25 heavy (non-hydrogen) atoms. The van der Waals surface area contributed by atoms with E-state index in [9.17, 15) is 18.0 Å². The number of pyridine rings is 1. The van der Waals surface area contributed by atoms with Gasteiger partial charge in [0.05, 0.1) is 6.61 Å². The first kappa shape index (κ1) is 18.5. The van der Waals surface area contributed by atoms with Crippen LogP contribution in [0.1, 0.15) is 11.1 Å². The number of amides is 2. The monoisotopic (exact) mass is 355 g/mol. The summed E-state index contributed by atoms with van der Waals surface area (Å²) < 4.78 is 40.6. The molecule has 6 nitrogen and oxygen atoms in total. The smallest absolute Gasteiger partial charge is 0.422 e. The van der Waals surface area contributed by atoms with E-state index in [2.05, 4.69) is 20.5 Å². The summed E-state index contributed by atoms with van der Waals surface area (Å²) in [6.45, 7) is -1.05. The molecule has 1 aromatic carbocycles. The van der Waals surface area contributed by atoms with Crippen LogP contribution >= 0.6 is 0 Å². The highest BCUT2D eigenvalue weighted by molar-refractivity contribution is 5.72. The number of aromatic nitrogens is 1. The first-order valence-electron chi connectivity index (χ1n) is 7.26. The molecule has 0 radical (unpaired) electrons. The van der Waals surface area contributed by atoms with Crippen molar-refractivity contribution < 1.29 is 27.5 Å². The molecule has 1 heterocycles. The van der Waals surface area contributed by atoms with Crippen LogP contribution in [-0.4, -0.2) is 23.8 Å². The summed E-state index contributed by atoms with van der Waals surface area (Å²) in [7, 11) is 0. The van der Waals surface area contributed by atoms with Crippen molar-refractivity contribution in [2.45, 2.75) is 19.3 Å². The molecule has 2 aromatic rings. The second kappa shape index (κ2) is 8.88. The molecule has 0 aliphatic rings. The molecular formula is C16H16F3N3O3. The quantitative estimate of drug-likeness (QED) is 0.749.